The third-order valence-corrected chi connectivity index (χ3v) is 3.31. The van der Waals surface area contributed by atoms with Crippen LogP contribution in [0, 0.1) is 5.82 Å². The van der Waals surface area contributed by atoms with Gasteiger partial charge in [-0.1, -0.05) is 23.7 Å². The number of aromatic nitrogens is 2. The number of oxime groups is 1. The summed E-state index contributed by atoms with van der Waals surface area (Å²) in [5.41, 5.74) is 0.948. The van der Waals surface area contributed by atoms with Gasteiger partial charge in [0.15, 0.2) is 11.8 Å². The molecule has 24 heavy (non-hydrogen) atoms. The molecule has 0 saturated carbocycles. The predicted molar refractivity (Wildman–Crippen MR) is 85.3 cm³/mol. The van der Waals surface area contributed by atoms with Crippen LogP contribution in [0.25, 0.3) is 0 Å². The Balaban J connectivity index is 1.98. The Kier molecular flexibility index (Phi) is 4.85. The van der Waals surface area contributed by atoms with Gasteiger partial charge in [-0.2, -0.15) is 9.37 Å². The van der Waals surface area contributed by atoms with Crippen molar-refractivity contribution >= 4 is 23.2 Å². The lowest BCUT2D eigenvalue weighted by Crippen LogP contribution is -2.25. The van der Waals surface area contributed by atoms with E-state index in [1.807, 2.05) is 0 Å². The maximum Gasteiger partial charge on any atom is 0.276 e. The van der Waals surface area contributed by atoms with Crippen LogP contribution in [0.2, 0.25) is 5.15 Å². The van der Waals surface area contributed by atoms with Gasteiger partial charge in [-0.3, -0.25) is 4.99 Å². The number of nitrogens with zero attached hydrogens (tertiary/aromatic N) is 4. The smallest absolute Gasteiger partial charge is 0.276 e. The Morgan fingerprint density at radius 2 is 2.12 bits per heavy atom. The molecule has 0 atom stereocenters. The van der Waals surface area contributed by atoms with Gasteiger partial charge in [0.2, 0.25) is 5.82 Å². The molecule has 0 spiro atoms. The van der Waals surface area contributed by atoms with E-state index in [1.165, 1.54) is 0 Å². The molecule has 3 rings (SSSR count). The molecule has 0 N–H and O–H groups in total. The number of hydrogen-bond donors (Lipinski definition) is 0. The second kappa shape index (κ2) is 7.22. The van der Waals surface area contributed by atoms with E-state index in [-0.39, 0.29) is 16.9 Å². The number of aliphatic imine (C=N–C) groups is 1. The average molecular weight is 351 g/mol. The summed E-state index contributed by atoms with van der Waals surface area (Å²) in [5.74, 6) is -0.608. The fraction of sp³-hybridized carbons (Fsp3) is 0.200. The highest BCUT2D eigenvalue weighted by Crippen LogP contribution is 2.28. The predicted octanol–water partition coefficient (Wildman–Crippen LogP) is 2.84. The van der Waals surface area contributed by atoms with Crippen molar-refractivity contribution in [1.29, 1.82) is 0 Å². The van der Waals surface area contributed by atoms with Crippen molar-refractivity contribution in [3.05, 3.63) is 47.1 Å². The molecule has 1 aromatic heterocycles. The van der Waals surface area contributed by atoms with E-state index >= 15 is 0 Å². The molecule has 0 unspecified atom stereocenters. The Bertz CT molecular complexity index is 813. The normalized spacial score (nSPS) is 14.5. The first kappa shape index (κ1) is 16.1. The molecular weight excluding hydrogens is 339 g/mol. The van der Waals surface area contributed by atoms with Gasteiger partial charge in [0.05, 0.1) is 0 Å². The SMILES string of the molecule is CN=C(C1=NOCCO1)c1ccccc1Oc1ncnc(Cl)c1F. The molecule has 7 nitrogen and oxygen atoms in total. The maximum atomic E-state index is 14.0. The zero-order valence-corrected chi connectivity index (χ0v) is 13.3. The fourth-order valence-corrected chi connectivity index (χ4v) is 2.13. The van der Waals surface area contributed by atoms with Gasteiger partial charge >= 0.3 is 0 Å². The molecule has 124 valence electrons. The Morgan fingerprint density at radius 3 is 2.88 bits per heavy atom. The van der Waals surface area contributed by atoms with Crippen molar-refractivity contribution in [2.45, 2.75) is 0 Å². The first-order valence-corrected chi connectivity index (χ1v) is 7.31. The van der Waals surface area contributed by atoms with E-state index in [9.17, 15) is 4.39 Å². The van der Waals surface area contributed by atoms with Crippen LogP contribution in [0.1, 0.15) is 5.56 Å². The van der Waals surface area contributed by atoms with Crippen molar-refractivity contribution in [2.24, 2.45) is 10.1 Å². The molecule has 1 aromatic carbocycles. The standard InChI is InChI=1S/C15H12ClFN4O3/c1-18-12(15-21-23-7-6-22-15)9-4-2-3-5-10(9)24-14-11(17)13(16)19-8-20-14/h2-5,8H,6-7H2,1H3. The lowest BCUT2D eigenvalue weighted by atomic mass is 10.1. The molecular formula is C15H12ClFN4O3. The van der Waals surface area contributed by atoms with Crippen molar-refractivity contribution < 1.29 is 18.7 Å². The molecule has 2 aromatic rings. The minimum Gasteiger partial charge on any atom is -0.470 e. The van der Waals surface area contributed by atoms with Crippen LogP contribution >= 0.6 is 11.6 Å². The average Bonchev–Trinajstić information content (AvgIpc) is 2.62. The highest BCUT2D eigenvalue weighted by molar-refractivity contribution is 6.46. The van der Waals surface area contributed by atoms with Crippen LogP contribution in [-0.2, 0) is 9.57 Å². The summed E-state index contributed by atoms with van der Waals surface area (Å²) in [7, 11) is 1.58. The van der Waals surface area contributed by atoms with Crippen LogP contribution in [0.3, 0.4) is 0 Å². The number of para-hydroxylation sites is 1. The van der Waals surface area contributed by atoms with Crippen molar-refractivity contribution in [3.63, 3.8) is 0 Å². The van der Waals surface area contributed by atoms with E-state index in [0.717, 1.165) is 6.33 Å². The number of halogens is 2. The zero-order chi connectivity index (χ0) is 16.9. The minimum atomic E-state index is -0.849. The van der Waals surface area contributed by atoms with Crippen LogP contribution in [0.4, 0.5) is 4.39 Å². The van der Waals surface area contributed by atoms with Crippen LogP contribution in [0.15, 0.2) is 40.7 Å². The summed E-state index contributed by atoms with van der Waals surface area (Å²) in [6, 6.07) is 6.88. The van der Waals surface area contributed by atoms with E-state index < -0.39 is 5.82 Å². The monoisotopic (exact) mass is 350 g/mol. The molecule has 1 aliphatic heterocycles. The van der Waals surface area contributed by atoms with Gasteiger partial charge in [-0.25, -0.2) is 4.98 Å². The molecule has 0 saturated heterocycles. The second-order valence-corrected chi connectivity index (χ2v) is 4.89. The van der Waals surface area contributed by atoms with Crippen LogP contribution in [0.5, 0.6) is 11.6 Å². The molecule has 0 radical (unpaired) electrons. The van der Waals surface area contributed by atoms with E-state index in [2.05, 4.69) is 20.1 Å². The summed E-state index contributed by atoms with van der Waals surface area (Å²) in [6.07, 6.45) is 1.11. The van der Waals surface area contributed by atoms with Gasteiger partial charge in [0, 0.05) is 12.6 Å². The zero-order valence-electron chi connectivity index (χ0n) is 12.6. The van der Waals surface area contributed by atoms with Crippen molar-refractivity contribution in [1.82, 2.24) is 9.97 Å². The van der Waals surface area contributed by atoms with Crippen LogP contribution in [-0.4, -0.2) is 41.8 Å². The largest absolute Gasteiger partial charge is 0.470 e. The molecule has 9 heteroatoms. The quantitative estimate of drug-likeness (QED) is 0.626. The molecule has 0 aliphatic carbocycles. The Morgan fingerprint density at radius 1 is 1.29 bits per heavy atom. The van der Waals surface area contributed by atoms with Crippen molar-refractivity contribution in [3.8, 4) is 11.6 Å². The number of hydrogen-bond acceptors (Lipinski definition) is 7. The highest BCUT2D eigenvalue weighted by atomic mass is 35.5. The number of ether oxygens (including phenoxy) is 2. The number of rotatable bonds is 4. The van der Waals surface area contributed by atoms with Crippen LogP contribution < -0.4 is 4.74 Å². The first-order chi connectivity index (χ1) is 11.7. The van der Waals surface area contributed by atoms with Gasteiger partial charge in [0.25, 0.3) is 11.8 Å². The number of benzene rings is 1. The second-order valence-electron chi connectivity index (χ2n) is 4.53. The van der Waals surface area contributed by atoms with E-state index in [4.69, 9.17) is 25.9 Å². The summed E-state index contributed by atoms with van der Waals surface area (Å²) >= 11 is 5.65. The van der Waals surface area contributed by atoms with Gasteiger partial charge in [0.1, 0.15) is 24.4 Å². The van der Waals surface area contributed by atoms with Gasteiger partial charge in [-0.05, 0) is 17.3 Å². The molecule has 1 aliphatic rings. The summed E-state index contributed by atoms with van der Waals surface area (Å²) in [5, 5.41) is 3.52. The van der Waals surface area contributed by atoms with E-state index in [0.29, 0.717) is 30.2 Å². The van der Waals surface area contributed by atoms with Gasteiger partial charge < -0.3 is 14.3 Å². The molecule has 0 fully saturated rings. The first-order valence-electron chi connectivity index (χ1n) is 6.94. The minimum absolute atomic E-state index is 0.223. The Labute approximate surface area is 141 Å². The highest BCUT2D eigenvalue weighted by Gasteiger charge is 2.22. The van der Waals surface area contributed by atoms with Gasteiger partial charge in [-0.15, -0.1) is 0 Å². The summed E-state index contributed by atoms with van der Waals surface area (Å²) < 4.78 is 25.0. The lowest BCUT2D eigenvalue weighted by Gasteiger charge is -2.17. The Hall–Kier alpha value is -2.74. The molecule has 0 amide bonds. The third-order valence-electron chi connectivity index (χ3n) is 3.05. The molecule has 2 heterocycles. The summed E-state index contributed by atoms with van der Waals surface area (Å²) in [4.78, 5) is 16.5. The fourth-order valence-electron chi connectivity index (χ4n) is 2.01. The topological polar surface area (TPSA) is 78.2 Å². The maximum absolute atomic E-state index is 14.0. The lowest BCUT2D eigenvalue weighted by molar-refractivity contribution is 0.0676. The third kappa shape index (κ3) is 3.28. The summed E-state index contributed by atoms with van der Waals surface area (Å²) in [6.45, 7) is 0.723. The van der Waals surface area contributed by atoms with E-state index in [1.54, 1.807) is 31.3 Å². The molecule has 0 bridgehead atoms. The van der Waals surface area contributed by atoms with Crippen molar-refractivity contribution in [2.75, 3.05) is 20.3 Å².